The Morgan fingerprint density at radius 3 is 1.25 bits per heavy atom. The molecule has 0 spiro atoms. The second-order valence-corrected chi connectivity index (χ2v) is 0. The van der Waals surface area contributed by atoms with E-state index in [2.05, 4.69) is 0 Å². The molecule has 0 heterocycles. The first kappa shape index (κ1) is 8.94. The molecule has 4 heteroatoms. The van der Waals surface area contributed by atoms with E-state index in [1.54, 1.807) is 21.0 Å². The Morgan fingerprint density at radius 1 is 1.25 bits per heavy atom. The Bertz CT molecular complexity index is 8.00. The molecule has 0 rings (SSSR count). The van der Waals surface area contributed by atoms with Gasteiger partial charge in [0, 0.05) is 0 Å². The third-order valence-corrected chi connectivity index (χ3v) is 0. The van der Waals surface area contributed by atoms with E-state index in [0.717, 1.165) is 0 Å². The molecule has 0 aliphatic rings. The normalized spacial score (nSPS) is 2.50. The summed E-state index contributed by atoms with van der Waals surface area (Å²) in [5, 5.41) is 0. The van der Waals surface area contributed by atoms with Gasteiger partial charge in [0.25, 0.3) is 0 Å². The number of rotatable bonds is 0. The average Bonchev–Trinajstić information content (AvgIpc) is 1.50. The van der Waals surface area contributed by atoms with Crippen LogP contribution in [0.1, 0.15) is 0 Å². The van der Waals surface area contributed by atoms with Crippen molar-refractivity contribution in [3.05, 3.63) is 0 Å². The van der Waals surface area contributed by atoms with Gasteiger partial charge in [-0.25, -0.2) is 0 Å². The fraction of sp³-hybridized carbons (Fsp3) is 0. The molecule has 0 amide bonds. The summed E-state index contributed by atoms with van der Waals surface area (Å²) < 4.78 is 16.4. The summed E-state index contributed by atoms with van der Waals surface area (Å²) in [6, 6.07) is 0. The standard InChI is InChI=1S/Ag.2O.Sb. The van der Waals surface area contributed by atoms with Crippen LogP contribution in [0.5, 0.6) is 0 Å². The van der Waals surface area contributed by atoms with Crippen LogP contribution in [0.4, 0.5) is 0 Å². The van der Waals surface area contributed by atoms with Gasteiger partial charge in [-0.1, -0.05) is 0 Å². The van der Waals surface area contributed by atoms with Crippen molar-refractivity contribution >= 4 is 23.0 Å². The second-order valence-electron chi connectivity index (χ2n) is 0. The van der Waals surface area contributed by atoms with Gasteiger partial charge in [0.15, 0.2) is 0 Å². The summed E-state index contributed by atoms with van der Waals surface area (Å²) in [6.45, 7) is 0. The molecule has 0 unspecified atom stereocenters. The Kier molecular flexibility index (Phi) is 69.1. The van der Waals surface area contributed by atoms with Crippen LogP contribution < -0.4 is 0 Å². The molecule has 0 N–H and O–H groups in total. The maximum absolute atomic E-state index is 8.30. The zero-order valence-electron chi connectivity index (χ0n) is 1.57. The zero-order chi connectivity index (χ0) is 4.00. The van der Waals surface area contributed by atoms with E-state index in [-0.39, 0.29) is 0 Å². The van der Waals surface area contributed by atoms with Gasteiger partial charge in [-0.2, -0.15) is 0 Å². The summed E-state index contributed by atoms with van der Waals surface area (Å²) in [5.74, 6) is 0. The van der Waals surface area contributed by atoms with Crippen molar-refractivity contribution < 1.29 is 27.3 Å². The van der Waals surface area contributed by atoms with E-state index in [0.29, 0.717) is 23.0 Å². The van der Waals surface area contributed by atoms with E-state index in [9.17, 15) is 0 Å². The van der Waals surface area contributed by atoms with Crippen LogP contribution in [0.2, 0.25) is 0 Å². The summed E-state index contributed by atoms with van der Waals surface area (Å²) in [6.07, 6.45) is 0. The molecule has 0 aliphatic carbocycles. The van der Waals surface area contributed by atoms with Crippen molar-refractivity contribution in [3.63, 3.8) is 0 Å². The average molecular weight is 262 g/mol. The Morgan fingerprint density at radius 2 is 1.25 bits per heavy atom. The van der Waals surface area contributed by atoms with Crippen molar-refractivity contribution in [2.24, 2.45) is 0 Å². The minimum absolute atomic E-state index is 0.500. The van der Waals surface area contributed by atoms with Gasteiger partial charge >= 0.3 is 50.3 Å². The molecule has 0 saturated carbocycles. The van der Waals surface area contributed by atoms with E-state index in [1.165, 1.54) is 0 Å². The first-order chi connectivity index (χ1) is 2.00. The second kappa shape index (κ2) is 30.9. The maximum atomic E-state index is 8.30. The van der Waals surface area contributed by atoms with Crippen LogP contribution in [0, 0.1) is 0 Å². The monoisotopic (exact) mass is 260 g/mol. The molecule has 0 fully saturated rings. The molecule has 2 nitrogen and oxygen atoms in total. The number of hydrogen-bond acceptors (Lipinski definition) is 2. The summed E-state index contributed by atoms with van der Waals surface area (Å²) in [4.78, 5) is 0. The van der Waals surface area contributed by atoms with Crippen LogP contribution in [-0.4, -0.2) is 23.0 Å². The van der Waals surface area contributed by atoms with Crippen molar-refractivity contribution in [2.75, 3.05) is 0 Å². The molecule has 0 aliphatic heterocycles. The van der Waals surface area contributed by atoms with Crippen molar-refractivity contribution in [2.45, 2.75) is 0 Å². The summed E-state index contributed by atoms with van der Waals surface area (Å²) in [5.41, 5.74) is 0. The summed E-state index contributed by atoms with van der Waals surface area (Å²) >= 11 is 2.20. The quantitative estimate of drug-likeness (QED) is 0.545. The van der Waals surface area contributed by atoms with Gasteiger partial charge in [0.1, 0.15) is 0 Å². The first-order valence-electron chi connectivity index (χ1n) is 0.306. The van der Waals surface area contributed by atoms with E-state index < -0.39 is 0 Å². The molecule has 0 aromatic heterocycles. The molecule has 0 atom stereocenters. The van der Waals surface area contributed by atoms with Crippen LogP contribution in [0.15, 0.2) is 0 Å². The van der Waals surface area contributed by atoms with Gasteiger partial charge in [-0.3, -0.25) is 0 Å². The molecule has 0 saturated heterocycles. The molecule has 28 valence electrons. The Hall–Kier alpha value is 1.16. The van der Waals surface area contributed by atoms with Crippen LogP contribution in [-0.2, 0) is 27.3 Å². The van der Waals surface area contributed by atoms with Crippen molar-refractivity contribution in [3.8, 4) is 0 Å². The zero-order valence-corrected chi connectivity index (χ0v) is 5.60. The third-order valence-electron chi connectivity index (χ3n) is 0. The van der Waals surface area contributed by atoms with E-state index in [1.807, 2.05) is 0 Å². The molecule has 0 aromatic rings. The molecular weight excluding hydrogens is 262 g/mol. The van der Waals surface area contributed by atoms with Gasteiger partial charge < -0.3 is 0 Å². The molecule has 0 aromatic carbocycles. The Balaban J connectivity index is 0. The van der Waals surface area contributed by atoms with Crippen LogP contribution >= 0.6 is 0 Å². The fourth-order valence-electron chi connectivity index (χ4n) is 0. The Labute approximate surface area is 50.1 Å². The molecular formula is AgO2Sb. The fourth-order valence-corrected chi connectivity index (χ4v) is 0. The summed E-state index contributed by atoms with van der Waals surface area (Å²) in [7, 11) is 0. The van der Waals surface area contributed by atoms with Gasteiger partial charge in [0.05, 0.1) is 0 Å². The van der Waals surface area contributed by atoms with Gasteiger partial charge in [0.2, 0.25) is 0 Å². The molecule has 1 radical (unpaired) electrons. The molecule has 0 bridgehead atoms. The van der Waals surface area contributed by atoms with Crippen molar-refractivity contribution in [1.82, 2.24) is 0 Å². The number of hydrogen-bond donors (Lipinski definition) is 0. The van der Waals surface area contributed by atoms with Crippen molar-refractivity contribution in [1.29, 1.82) is 0 Å². The van der Waals surface area contributed by atoms with Gasteiger partial charge in [-0.15, -0.1) is 0 Å². The first-order valence-corrected chi connectivity index (χ1v) is 1.95. The minimum atomic E-state index is 0.500. The topological polar surface area (TPSA) is 34.1 Å². The molecule has 4 heavy (non-hydrogen) atoms. The predicted molar refractivity (Wildman–Crippen MR) is 7.13 cm³/mol. The SMILES string of the molecule is [O]=[Ag].[O]=[Sb]. The van der Waals surface area contributed by atoms with Crippen LogP contribution in [0.3, 0.4) is 0 Å². The third kappa shape index (κ3) is 11.0. The van der Waals surface area contributed by atoms with E-state index >= 15 is 0 Å². The van der Waals surface area contributed by atoms with Gasteiger partial charge in [-0.05, 0) is 0 Å². The van der Waals surface area contributed by atoms with Crippen LogP contribution in [0.25, 0.3) is 0 Å². The van der Waals surface area contributed by atoms with E-state index in [4.69, 9.17) is 6.27 Å². The predicted octanol–water partition coefficient (Wildman–Crippen LogP) is -0.621.